The molecule has 0 fully saturated rings. The van der Waals surface area contributed by atoms with E-state index in [2.05, 4.69) is 18.2 Å². The summed E-state index contributed by atoms with van der Waals surface area (Å²) in [5.74, 6) is 2.61. The maximum absolute atomic E-state index is 9.63. The molecule has 0 aromatic carbocycles. The highest BCUT2D eigenvalue weighted by molar-refractivity contribution is 4.82. The van der Waals surface area contributed by atoms with E-state index in [0.29, 0.717) is 26.4 Å². The van der Waals surface area contributed by atoms with Gasteiger partial charge < -0.3 is 19.9 Å². The fourth-order valence-electron chi connectivity index (χ4n) is 1.49. The van der Waals surface area contributed by atoms with Crippen LogP contribution in [0.5, 0.6) is 0 Å². The fourth-order valence-corrected chi connectivity index (χ4v) is 1.49. The van der Waals surface area contributed by atoms with Crippen LogP contribution in [0.2, 0.25) is 0 Å². The van der Waals surface area contributed by atoms with Crippen molar-refractivity contribution in [2.24, 2.45) is 0 Å². The predicted octanol–water partition coefficient (Wildman–Crippen LogP) is 1.57. The molecule has 0 aliphatic carbocycles. The largest absolute Gasteiger partial charge is 0.389 e. The molecule has 2 N–H and O–H groups in total. The van der Waals surface area contributed by atoms with E-state index >= 15 is 0 Å². The van der Waals surface area contributed by atoms with Gasteiger partial charge in [0.15, 0.2) is 0 Å². The fraction of sp³-hybridized carbons (Fsp3) is 0.867. The van der Waals surface area contributed by atoms with Crippen LogP contribution in [0.4, 0.5) is 0 Å². The third-order valence-corrected chi connectivity index (χ3v) is 2.63. The molecule has 0 bridgehead atoms. The first kappa shape index (κ1) is 18.4. The van der Waals surface area contributed by atoms with Crippen molar-refractivity contribution in [3.8, 4) is 12.3 Å². The number of terminal acetylenes is 1. The Morgan fingerprint density at radius 1 is 1.16 bits per heavy atom. The molecular formula is C15H29NO3. The molecular weight excluding hydrogens is 242 g/mol. The summed E-state index contributed by atoms with van der Waals surface area (Å²) in [6.45, 7) is 5.88. The van der Waals surface area contributed by atoms with E-state index in [4.69, 9.17) is 15.9 Å². The Labute approximate surface area is 117 Å². The van der Waals surface area contributed by atoms with E-state index in [1.165, 1.54) is 0 Å². The van der Waals surface area contributed by atoms with Gasteiger partial charge in [0.25, 0.3) is 0 Å². The lowest BCUT2D eigenvalue weighted by Gasteiger charge is -2.12. The maximum Gasteiger partial charge on any atom is 0.0897 e. The number of aliphatic hydroxyl groups excluding tert-OH is 1. The van der Waals surface area contributed by atoms with Gasteiger partial charge in [-0.1, -0.05) is 13.3 Å². The SMILES string of the molecule is C#CCCCCNCC(O)COCCOCCCC. The molecule has 0 spiro atoms. The Morgan fingerprint density at radius 3 is 2.68 bits per heavy atom. The quantitative estimate of drug-likeness (QED) is 0.372. The van der Waals surface area contributed by atoms with Crippen molar-refractivity contribution in [1.82, 2.24) is 5.32 Å². The number of ether oxygens (including phenoxy) is 2. The van der Waals surface area contributed by atoms with Crippen molar-refractivity contribution in [3.05, 3.63) is 0 Å². The van der Waals surface area contributed by atoms with E-state index in [9.17, 15) is 5.11 Å². The van der Waals surface area contributed by atoms with E-state index in [1.54, 1.807) is 0 Å². The van der Waals surface area contributed by atoms with Gasteiger partial charge in [-0.2, -0.15) is 0 Å². The lowest BCUT2D eigenvalue weighted by Crippen LogP contribution is -2.31. The number of unbranched alkanes of at least 4 members (excludes halogenated alkanes) is 3. The van der Waals surface area contributed by atoms with Crippen LogP contribution in [0.3, 0.4) is 0 Å². The van der Waals surface area contributed by atoms with Gasteiger partial charge >= 0.3 is 0 Å². The second-order valence-corrected chi connectivity index (χ2v) is 4.56. The zero-order chi connectivity index (χ0) is 14.2. The first-order valence-electron chi connectivity index (χ1n) is 7.29. The van der Waals surface area contributed by atoms with E-state index in [0.717, 1.165) is 45.3 Å². The molecule has 0 aromatic heterocycles. The van der Waals surface area contributed by atoms with Gasteiger partial charge in [-0.3, -0.25) is 0 Å². The molecule has 112 valence electrons. The molecule has 0 saturated carbocycles. The van der Waals surface area contributed by atoms with Crippen LogP contribution in [-0.4, -0.2) is 50.7 Å². The summed E-state index contributed by atoms with van der Waals surface area (Å²) in [6.07, 6.45) is 9.84. The molecule has 0 saturated heterocycles. The topological polar surface area (TPSA) is 50.7 Å². The Kier molecular flexibility index (Phi) is 15.0. The lowest BCUT2D eigenvalue weighted by molar-refractivity contribution is 0.00397. The average molecular weight is 271 g/mol. The van der Waals surface area contributed by atoms with Crippen LogP contribution in [0.15, 0.2) is 0 Å². The van der Waals surface area contributed by atoms with Gasteiger partial charge in [0.1, 0.15) is 0 Å². The second kappa shape index (κ2) is 15.5. The van der Waals surface area contributed by atoms with Gasteiger partial charge in [-0.05, 0) is 25.8 Å². The molecule has 19 heavy (non-hydrogen) atoms. The zero-order valence-electron chi connectivity index (χ0n) is 12.2. The Hall–Kier alpha value is -0.600. The summed E-state index contributed by atoms with van der Waals surface area (Å²) in [4.78, 5) is 0. The highest BCUT2D eigenvalue weighted by Gasteiger charge is 2.03. The first-order chi connectivity index (χ1) is 9.31. The normalized spacial score (nSPS) is 12.3. The van der Waals surface area contributed by atoms with Gasteiger partial charge in [-0.25, -0.2) is 0 Å². The van der Waals surface area contributed by atoms with E-state index in [-0.39, 0.29) is 0 Å². The lowest BCUT2D eigenvalue weighted by atomic mass is 10.2. The van der Waals surface area contributed by atoms with Crippen LogP contribution >= 0.6 is 0 Å². The molecule has 0 rings (SSSR count). The molecule has 0 radical (unpaired) electrons. The van der Waals surface area contributed by atoms with Crippen LogP contribution in [0.25, 0.3) is 0 Å². The van der Waals surface area contributed by atoms with Crippen molar-refractivity contribution in [2.45, 2.75) is 45.1 Å². The van der Waals surface area contributed by atoms with Crippen LogP contribution in [-0.2, 0) is 9.47 Å². The standard InChI is InChI=1S/C15H29NO3/c1-3-5-7-8-9-16-13-15(17)14-19-12-11-18-10-6-4-2/h1,15-17H,4-14H2,2H3. The molecule has 4 nitrogen and oxygen atoms in total. The van der Waals surface area contributed by atoms with Gasteiger partial charge in [0.2, 0.25) is 0 Å². The Morgan fingerprint density at radius 2 is 1.95 bits per heavy atom. The molecule has 1 atom stereocenters. The van der Waals surface area contributed by atoms with Gasteiger partial charge in [-0.15, -0.1) is 12.3 Å². The van der Waals surface area contributed by atoms with E-state index in [1.807, 2.05) is 0 Å². The molecule has 0 aliphatic heterocycles. The summed E-state index contributed by atoms with van der Waals surface area (Å²) in [5.41, 5.74) is 0. The monoisotopic (exact) mass is 271 g/mol. The minimum absolute atomic E-state index is 0.356. The summed E-state index contributed by atoms with van der Waals surface area (Å²) >= 11 is 0. The van der Waals surface area contributed by atoms with Crippen molar-refractivity contribution >= 4 is 0 Å². The minimum Gasteiger partial charge on any atom is -0.389 e. The molecule has 0 amide bonds. The van der Waals surface area contributed by atoms with Crippen molar-refractivity contribution in [1.29, 1.82) is 0 Å². The van der Waals surface area contributed by atoms with Crippen LogP contribution in [0, 0.1) is 12.3 Å². The number of aliphatic hydroxyl groups is 1. The van der Waals surface area contributed by atoms with Crippen LogP contribution in [0.1, 0.15) is 39.0 Å². The van der Waals surface area contributed by atoms with Gasteiger partial charge in [0.05, 0.1) is 25.9 Å². The van der Waals surface area contributed by atoms with E-state index < -0.39 is 6.10 Å². The molecule has 0 aromatic rings. The predicted molar refractivity (Wildman–Crippen MR) is 78.1 cm³/mol. The molecule has 0 heterocycles. The minimum atomic E-state index is -0.455. The number of hydrogen-bond acceptors (Lipinski definition) is 4. The van der Waals surface area contributed by atoms with Gasteiger partial charge in [0, 0.05) is 19.6 Å². The van der Waals surface area contributed by atoms with Crippen molar-refractivity contribution in [2.75, 3.05) is 39.5 Å². The summed E-state index contributed by atoms with van der Waals surface area (Å²) in [6, 6.07) is 0. The Bertz CT molecular complexity index is 216. The first-order valence-corrected chi connectivity index (χ1v) is 7.29. The highest BCUT2D eigenvalue weighted by atomic mass is 16.5. The van der Waals surface area contributed by atoms with Crippen molar-refractivity contribution in [3.63, 3.8) is 0 Å². The number of nitrogens with one attached hydrogen (secondary N) is 1. The molecule has 1 unspecified atom stereocenters. The molecule has 4 heteroatoms. The van der Waals surface area contributed by atoms with Crippen LogP contribution < -0.4 is 5.32 Å². The Balaban J connectivity index is 3.13. The molecule has 0 aliphatic rings. The average Bonchev–Trinajstić information content (AvgIpc) is 2.41. The van der Waals surface area contributed by atoms with Crippen molar-refractivity contribution < 1.29 is 14.6 Å². The highest BCUT2D eigenvalue weighted by Crippen LogP contribution is 1.92. The maximum atomic E-state index is 9.63. The number of rotatable bonds is 14. The zero-order valence-corrected chi connectivity index (χ0v) is 12.2. The second-order valence-electron chi connectivity index (χ2n) is 4.56. The number of hydrogen-bond donors (Lipinski definition) is 2. The third-order valence-electron chi connectivity index (χ3n) is 2.63. The smallest absolute Gasteiger partial charge is 0.0897 e. The summed E-state index contributed by atoms with van der Waals surface area (Å²) in [5, 5.41) is 12.8. The summed E-state index contributed by atoms with van der Waals surface area (Å²) in [7, 11) is 0. The summed E-state index contributed by atoms with van der Waals surface area (Å²) < 4.78 is 10.7. The third kappa shape index (κ3) is 15.3.